The highest BCUT2D eigenvalue weighted by Gasteiger charge is 2.22. The van der Waals surface area contributed by atoms with Crippen LogP contribution in [0.1, 0.15) is 33.2 Å². The number of hydrogen-bond acceptors (Lipinski definition) is 4. The molecule has 0 radical (unpaired) electrons. The molecule has 1 aromatic rings. The van der Waals surface area contributed by atoms with Gasteiger partial charge in [-0.2, -0.15) is 0 Å². The van der Waals surface area contributed by atoms with Crippen molar-refractivity contribution in [3.8, 4) is 5.75 Å². The van der Waals surface area contributed by atoms with Crippen LogP contribution in [0.4, 0.5) is 0 Å². The maximum absolute atomic E-state index is 12.0. The van der Waals surface area contributed by atoms with Crippen LogP contribution < -0.4 is 10.3 Å². The molecule has 1 rings (SSSR count). The summed E-state index contributed by atoms with van der Waals surface area (Å²) in [6.45, 7) is 5.39. The van der Waals surface area contributed by atoms with Crippen LogP contribution in [-0.2, 0) is 9.53 Å². The quantitative estimate of drug-likeness (QED) is 0.750. The first-order valence-corrected chi connectivity index (χ1v) is 5.96. The Labute approximate surface area is 106 Å². The van der Waals surface area contributed by atoms with Gasteiger partial charge in [-0.05, 0) is 32.4 Å². The molecule has 0 bridgehead atoms. The second-order valence-corrected chi connectivity index (χ2v) is 4.20. The van der Waals surface area contributed by atoms with Crippen LogP contribution in [0.5, 0.6) is 5.75 Å². The molecule has 1 heterocycles. The molecule has 18 heavy (non-hydrogen) atoms. The SMILES string of the molecule is CCC(C(=O)OC(C)C)n1cccc(OC)c1=O. The van der Waals surface area contributed by atoms with Crippen molar-refractivity contribution in [3.63, 3.8) is 0 Å². The average Bonchev–Trinajstić information content (AvgIpc) is 2.31. The molecule has 0 saturated carbocycles. The molecule has 0 N–H and O–H groups in total. The molecule has 0 aliphatic carbocycles. The van der Waals surface area contributed by atoms with Gasteiger partial charge in [0.2, 0.25) is 0 Å². The Balaban J connectivity index is 3.10. The molecule has 1 unspecified atom stereocenters. The molecule has 0 spiro atoms. The van der Waals surface area contributed by atoms with Crippen LogP contribution in [-0.4, -0.2) is 23.8 Å². The molecule has 0 aromatic carbocycles. The average molecular weight is 253 g/mol. The standard InChI is InChI=1S/C13H19NO4/c1-5-10(13(16)18-9(2)3)14-8-6-7-11(17-4)12(14)15/h6-10H,5H2,1-4H3. The first kappa shape index (κ1) is 14.3. The molecule has 0 saturated heterocycles. The van der Waals surface area contributed by atoms with Crippen molar-refractivity contribution in [2.45, 2.75) is 39.3 Å². The number of carbonyl (C=O) groups is 1. The Morgan fingerprint density at radius 1 is 1.44 bits per heavy atom. The minimum absolute atomic E-state index is 0.201. The zero-order valence-corrected chi connectivity index (χ0v) is 11.2. The number of nitrogens with zero attached hydrogens (tertiary/aromatic N) is 1. The van der Waals surface area contributed by atoms with Crippen LogP contribution in [0.3, 0.4) is 0 Å². The maximum atomic E-state index is 12.0. The van der Waals surface area contributed by atoms with Crippen LogP contribution in [0.2, 0.25) is 0 Å². The van der Waals surface area contributed by atoms with Gasteiger partial charge in [0.15, 0.2) is 5.75 Å². The zero-order chi connectivity index (χ0) is 13.7. The predicted octanol–water partition coefficient (Wildman–Crippen LogP) is 1.76. The molecule has 0 fully saturated rings. The van der Waals surface area contributed by atoms with Crippen molar-refractivity contribution in [1.29, 1.82) is 0 Å². The Bertz CT molecular complexity index is 464. The van der Waals surface area contributed by atoms with Gasteiger partial charge in [-0.3, -0.25) is 9.36 Å². The maximum Gasteiger partial charge on any atom is 0.329 e. The summed E-state index contributed by atoms with van der Waals surface area (Å²) in [6.07, 6.45) is 1.85. The third-order valence-corrected chi connectivity index (χ3v) is 2.51. The summed E-state index contributed by atoms with van der Waals surface area (Å²) >= 11 is 0. The lowest BCUT2D eigenvalue weighted by Crippen LogP contribution is -2.31. The van der Waals surface area contributed by atoms with Gasteiger partial charge in [0, 0.05) is 6.20 Å². The van der Waals surface area contributed by atoms with E-state index in [0.29, 0.717) is 6.42 Å². The van der Waals surface area contributed by atoms with E-state index in [4.69, 9.17) is 9.47 Å². The van der Waals surface area contributed by atoms with E-state index in [1.807, 2.05) is 6.92 Å². The van der Waals surface area contributed by atoms with Gasteiger partial charge < -0.3 is 9.47 Å². The van der Waals surface area contributed by atoms with E-state index in [0.717, 1.165) is 0 Å². The van der Waals surface area contributed by atoms with Gasteiger partial charge >= 0.3 is 5.97 Å². The topological polar surface area (TPSA) is 57.5 Å². The highest BCUT2D eigenvalue weighted by molar-refractivity contribution is 5.74. The molecule has 1 atom stereocenters. The van der Waals surface area contributed by atoms with E-state index < -0.39 is 12.0 Å². The monoisotopic (exact) mass is 253 g/mol. The van der Waals surface area contributed by atoms with Crippen molar-refractivity contribution in [2.75, 3.05) is 7.11 Å². The number of aromatic nitrogens is 1. The lowest BCUT2D eigenvalue weighted by molar-refractivity contribution is -0.151. The van der Waals surface area contributed by atoms with Crippen molar-refractivity contribution in [1.82, 2.24) is 4.57 Å². The molecule has 5 nitrogen and oxygen atoms in total. The number of methoxy groups -OCH3 is 1. The van der Waals surface area contributed by atoms with Crippen LogP contribution in [0.15, 0.2) is 23.1 Å². The predicted molar refractivity (Wildman–Crippen MR) is 67.8 cm³/mol. The number of esters is 1. The van der Waals surface area contributed by atoms with E-state index in [2.05, 4.69) is 0 Å². The minimum Gasteiger partial charge on any atom is -0.491 e. The molecule has 0 aliphatic heterocycles. The van der Waals surface area contributed by atoms with Gasteiger partial charge in [0.1, 0.15) is 6.04 Å². The number of pyridine rings is 1. The summed E-state index contributed by atoms with van der Waals surface area (Å²) < 4.78 is 11.5. The summed E-state index contributed by atoms with van der Waals surface area (Å²) in [5.74, 6) is -0.184. The third kappa shape index (κ3) is 3.12. The van der Waals surface area contributed by atoms with Gasteiger partial charge in [0.05, 0.1) is 13.2 Å². The molecule has 5 heteroatoms. The molecule has 0 aliphatic rings. The number of hydrogen-bond donors (Lipinski definition) is 0. The molecule has 100 valence electrons. The fourth-order valence-corrected chi connectivity index (χ4v) is 1.68. The van der Waals surface area contributed by atoms with Gasteiger partial charge in [0.25, 0.3) is 5.56 Å². The smallest absolute Gasteiger partial charge is 0.329 e. The number of carbonyl (C=O) groups excluding carboxylic acids is 1. The summed E-state index contributed by atoms with van der Waals surface area (Å²) in [5, 5.41) is 0. The molecule has 1 aromatic heterocycles. The second-order valence-electron chi connectivity index (χ2n) is 4.20. The van der Waals surface area contributed by atoms with Crippen molar-refractivity contribution < 1.29 is 14.3 Å². The lowest BCUT2D eigenvalue weighted by atomic mass is 10.2. The number of ether oxygens (including phenoxy) is 2. The zero-order valence-electron chi connectivity index (χ0n) is 11.2. The first-order valence-electron chi connectivity index (χ1n) is 5.96. The van der Waals surface area contributed by atoms with Gasteiger partial charge in [-0.25, -0.2) is 4.79 Å². The Morgan fingerprint density at radius 3 is 2.61 bits per heavy atom. The fraction of sp³-hybridized carbons (Fsp3) is 0.538. The number of rotatable bonds is 5. The summed E-state index contributed by atoms with van der Waals surface area (Å²) in [6, 6.07) is 2.63. The summed E-state index contributed by atoms with van der Waals surface area (Å²) in [7, 11) is 1.43. The lowest BCUT2D eigenvalue weighted by Gasteiger charge is -2.19. The Hall–Kier alpha value is -1.78. The van der Waals surface area contributed by atoms with E-state index in [-0.39, 0.29) is 17.4 Å². The van der Waals surface area contributed by atoms with Crippen molar-refractivity contribution in [3.05, 3.63) is 28.7 Å². The largest absolute Gasteiger partial charge is 0.491 e. The van der Waals surface area contributed by atoms with E-state index in [1.165, 1.54) is 11.7 Å². The molecular weight excluding hydrogens is 234 g/mol. The van der Waals surface area contributed by atoms with E-state index in [1.54, 1.807) is 32.2 Å². The molecular formula is C13H19NO4. The first-order chi connectivity index (χ1) is 8.51. The fourth-order valence-electron chi connectivity index (χ4n) is 1.68. The molecule has 0 amide bonds. The summed E-state index contributed by atoms with van der Waals surface area (Å²) in [5.41, 5.74) is -0.326. The normalized spacial score (nSPS) is 12.3. The van der Waals surface area contributed by atoms with Crippen LogP contribution >= 0.6 is 0 Å². The Kier molecular flexibility index (Phi) is 4.95. The minimum atomic E-state index is -0.616. The van der Waals surface area contributed by atoms with Crippen molar-refractivity contribution >= 4 is 5.97 Å². The summed E-state index contributed by atoms with van der Waals surface area (Å²) in [4.78, 5) is 23.9. The van der Waals surface area contributed by atoms with Gasteiger partial charge in [-0.15, -0.1) is 0 Å². The third-order valence-electron chi connectivity index (χ3n) is 2.51. The van der Waals surface area contributed by atoms with E-state index in [9.17, 15) is 9.59 Å². The highest BCUT2D eigenvalue weighted by Crippen LogP contribution is 2.14. The van der Waals surface area contributed by atoms with Crippen LogP contribution in [0, 0.1) is 0 Å². The van der Waals surface area contributed by atoms with Gasteiger partial charge in [-0.1, -0.05) is 6.92 Å². The Morgan fingerprint density at radius 2 is 2.11 bits per heavy atom. The van der Waals surface area contributed by atoms with E-state index >= 15 is 0 Å². The highest BCUT2D eigenvalue weighted by atomic mass is 16.5. The van der Waals surface area contributed by atoms with Crippen LogP contribution in [0.25, 0.3) is 0 Å². The van der Waals surface area contributed by atoms with Crippen molar-refractivity contribution in [2.24, 2.45) is 0 Å². The second kappa shape index (κ2) is 6.23.